The van der Waals surface area contributed by atoms with Gasteiger partial charge in [0.15, 0.2) is 5.82 Å². The Morgan fingerprint density at radius 2 is 2.00 bits per heavy atom. The molecule has 14 heavy (non-hydrogen) atoms. The predicted molar refractivity (Wildman–Crippen MR) is 58.2 cm³/mol. The van der Waals surface area contributed by atoms with Crippen LogP contribution in [0.25, 0.3) is 0 Å². The molecule has 0 atom stereocenters. The summed E-state index contributed by atoms with van der Waals surface area (Å²) in [4.78, 5) is 17.6. The Hall–Kier alpha value is -0.250. The highest BCUT2D eigenvalue weighted by atomic mass is 35.6. The Kier molecular flexibility index (Phi) is 3.45. The van der Waals surface area contributed by atoms with E-state index in [1.165, 1.54) is 6.07 Å². The molecule has 1 aromatic heterocycles. The summed E-state index contributed by atoms with van der Waals surface area (Å²) in [6.45, 7) is 3.81. The summed E-state index contributed by atoms with van der Waals surface area (Å²) >= 11 is 16.8. The number of nitrogens with one attached hydrogen (secondary N) is 1. The normalized spacial score (nSPS) is 12.1. The van der Waals surface area contributed by atoms with Crippen LogP contribution in [-0.4, -0.2) is 9.97 Å². The van der Waals surface area contributed by atoms with E-state index in [1.54, 1.807) is 0 Å². The summed E-state index contributed by atoms with van der Waals surface area (Å²) in [5.74, 6) is 0.169. The molecule has 0 aliphatic rings. The van der Waals surface area contributed by atoms with Gasteiger partial charge in [-0.3, -0.25) is 4.79 Å². The topological polar surface area (TPSA) is 45.8 Å². The summed E-state index contributed by atoms with van der Waals surface area (Å²) in [7, 11) is 0. The zero-order valence-corrected chi connectivity index (χ0v) is 9.91. The fraction of sp³-hybridized carbons (Fsp3) is 0.500. The number of H-pyrrole nitrogens is 1. The lowest BCUT2D eigenvalue weighted by atomic mass is 10.1. The highest BCUT2D eigenvalue weighted by Gasteiger charge is 2.26. The first-order valence-electron chi connectivity index (χ1n) is 3.99. The van der Waals surface area contributed by atoms with E-state index in [4.69, 9.17) is 34.8 Å². The number of halogens is 3. The Labute approximate surface area is 96.4 Å². The molecule has 6 heteroatoms. The second kappa shape index (κ2) is 4.09. The van der Waals surface area contributed by atoms with Crippen molar-refractivity contribution in [1.29, 1.82) is 0 Å². The van der Waals surface area contributed by atoms with E-state index in [1.807, 2.05) is 13.8 Å². The van der Waals surface area contributed by atoms with Gasteiger partial charge in [-0.25, -0.2) is 4.98 Å². The van der Waals surface area contributed by atoms with Crippen LogP contribution in [0.2, 0.25) is 0 Å². The van der Waals surface area contributed by atoms with Crippen molar-refractivity contribution in [2.24, 2.45) is 0 Å². The van der Waals surface area contributed by atoms with Gasteiger partial charge in [-0.05, 0) is 5.92 Å². The van der Waals surface area contributed by atoms with E-state index < -0.39 is 3.79 Å². The highest BCUT2D eigenvalue weighted by Crippen LogP contribution is 2.35. The van der Waals surface area contributed by atoms with E-state index in [2.05, 4.69) is 9.97 Å². The van der Waals surface area contributed by atoms with Crippen molar-refractivity contribution >= 4 is 34.8 Å². The second-order valence-electron chi connectivity index (χ2n) is 3.17. The summed E-state index contributed by atoms with van der Waals surface area (Å²) < 4.78 is -1.69. The molecule has 1 rings (SSSR count). The van der Waals surface area contributed by atoms with Crippen molar-refractivity contribution in [2.45, 2.75) is 23.6 Å². The number of nitrogens with zero attached hydrogens (tertiary/aromatic N) is 1. The van der Waals surface area contributed by atoms with Gasteiger partial charge in [0.25, 0.3) is 5.56 Å². The third-order valence-electron chi connectivity index (χ3n) is 1.62. The molecule has 0 aliphatic carbocycles. The van der Waals surface area contributed by atoms with Crippen LogP contribution in [-0.2, 0) is 3.79 Å². The number of aromatic amines is 1. The maximum absolute atomic E-state index is 11.2. The lowest BCUT2D eigenvalue weighted by Gasteiger charge is -2.11. The first kappa shape index (κ1) is 11.8. The van der Waals surface area contributed by atoms with Crippen molar-refractivity contribution in [3.05, 3.63) is 27.9 Å². The monoisotopic (exact) mass is 254 g/mol. The van der Waals surface area contributed by atoms with Crippen molar-refractivity contribution in [3.8, 4) is 0 Å². The van der Waals surface area contributed by atoms with Crippen LogP contribution in [0, 0.1) is 0 Å². The van der Waals surface area contributed by atoms with Gasteiger partial charge in [0.05, 0.1) is 5.69 Å². The van der Waals surface area contributed by atoms with Crippen molar-refractivity contribution in [3.63, 3.8) is 0 Å². The van der Waals surface area contributed by atoms with Gasteiger partial charge < -0.3 is 4.98 Å². The molecule has 1 N–H and O–H groups in total. The maximum Gasteiger partial charge on any atom is 0.251 e. The molecule has 0 saturated heterocycles. The largest absolute Gasteiger partial charge is 0.307 e. The Balaban J connectivity index is 3.28. The van der Waals surface area contributed by atoms with E-state index >= 15 is 0 Å². The van der Waals surface area contributed by atoms with Crippen LogP contribution in [0.15, 0.2) is 10.9 Å². The van der Waals surface area contributed by atoms with Crippen LogP contribution >= 0.6 is 34.8 Å². The number of aromatic nitrogens is 2. The molecule has 0 bridgehead atoms. The fourth-order valence-electron chi connectivity index (χ4n) is 0.906. The first-order valence-corrected chi connectivity index (χ1v) is 5.12. The molecule has 0 spiro atoms. The fourth-order valence-corrected chi connectivity index (χ4v) is 1.17. The van der Waals surface area contributed by atoms with Gasteiger partial charge in [0.1, 0.15) is 0 Å². The van der Waals surface area contributed by atoms with E-state index in [0.29, 0.717) is 5.69 Å². The second-order valence-corrected chi connectivity index (χ2v) is 5.45. The molecule has 0 aromatic carbocycles. The minimum Gasteiger partial charge on any atom is -0.307 e. The lowest BCUT2D eigenvalue weighted by molar-refractivity contribution is 0.783. The molecule has 0 fully saturated rings. The average molecular weight is 256 g/mol. The molecule has 1 heterocycles. The number of alkyl halides is 3. The van der Waals surface area contributed by atoms with Gasteiger partial charge in [-0.15, -0.1) is 0 Å². The van der Waals surface area contributed by atoms with Gasteiger partial charge in [-0.2, -0.15) is 0 Å². The Morgan fingerprint density at radius 1 is 1.43 bits per heavy atom. The third-order valence-corrected chi connectivity index (χ3v) is 2.16. The van der Waals surface area contributed by atoms with Crippen molar-refractivity contribution in [1.82, 2.24) is 9.97 Å². The van der Waals surface area contributed by atoms with Crippen LogP contribution in [0.4, 0.5) is 0 Å². The summed E-state index contributed by atoms with van der Waals surface area (Å²) in [5.41, 5.74) is 0.292. The Morgan fingerprint density at radius 3 is 2.43 bits per heavy atom. The lowest BCUT2D eigenvalue weighted by Crippen LogP contribution is -2.18. The molecule has 0 unspecified atom stereocenters. The van der Waals surface area contributed by atoms with E-state index in [-0.39, 0.29) is 17.3 Å². The number of rotatable bonds is 1. The first-order chi connectivity index (χ1) is 6.30. The molecule has 3 nitrogen and oxygen atoms in total. The highest BCUT2D eigenvalue weighted by molar-refractivity contribution is 6.66. The zero-order chi connectivity index (χ0) is 10.9. The van der Waals surface area contributed by atoms with Crippen LogP contribution in [0.1, 0.15) is 31.3 Å². The average Bonchev–Trinajstić information content (AvgIpc) is 2.01. The molecule has 78 valence electrons. The summed E-state index contributed by atoms with van der Waals surface area (Å²) in [6, 6.07) is 1.39. The minimum absolute atomic E-state index is 0.0544. The molecule has 0 amide bonds. The standard InChI is InChI=1S/C8H9Cl3N2O/c1-4(2)5-3-6(14)13-7(12-5)8(9,10)11/h3-4H,1-2H3,(H,12,13,14). The van der Waals surface area contributed by atoms with E-state index in [0.717, 1.165) is 0 Å². The predicted octanol–water partition coefficient (Wildman–Crippen LogP) is 2.72. The summed E-state index contributed by atoms with van der Waals surface area (Å²) in [5, 5.41) is 0. The quantitative estimate of drug-likeness (QED) is 0.784. The molecular formula is C8H9Cl3N2O. The van der Waals surface area contributed by atoms with Gasteiger partial charge in [0, 0.05) is 6.07 Å². The molecule has 0 radical (unpaired) electrons. The Bertz CT molecular complexity index is 381. The number of hydrogen-bond acceptors (Lipinski definition) is 2. The van der Waals surface area contributed by atoms with Gasteiger partial charge in [-0.1, -0.05) is 48.7 Å². The molecule has 0 saturated carbocycles. The molecule has 1 aromatic rings. The zero-order valence-electron chi connectivity index (χ0n) is 7.64. The number of hydrogen-bond donors (Lipinski definition) is 1. The van der Waals surface area contributed by atoms with Gasteiger partial charge >= 0.3 is 0 Å². The van der Waals surface area contributed by atoms with Crippen molar-refractivity contribution < 1.29 is 0 Å². The minimum atomic E-state index is -1.69. The maximum atomic E-state index is 11.2. The van der Waals surface area contributed by atoms with Crippen LogP contribution < -0.4 is 5.56 Å². The van der Waals surface area contributed by atoms with Crippen molar-refractivity contribution in [2.75, 3.05) is 0 Å². The SMILES string of the molecule is CC(C)c1cc(=O)[nH]c(C(Cl)(Cl)Cl)n1. The molecule has 0 aliphatic heterocycles. The molecular weight excluding hydrogens is 246 g/mol. The van der Waals surface area contributed by atoms with Gasteiger partial charge in [0.2, 0.25) is 3.79 Å². The smallest absolute Gasteiger partial charge is 0.251 e. The van der Waals surface area contributed by atoms with Crippen LogP contribution in [0.3, 0.4) is 0 Å². The van der Waals surface area contributed by atoms with Crippen LogP contribution in [0.5, 0.6) is 0 Å². The van der Waals surface area contributed by atoms with E-state index in [9.17, 15) is 4.79 Å². The third kappa shape index (κ3) is 2.87. The summed E-state index contributed by atoms with van der Waals surface area (Å²) in [6.07, 6.45) is 0.